The van der Waals surface area contributed by atoms with Gasteiger partial charge < -0.3 is 15.0 Å². The number of nitrogens with zero attached hydrogens (tertiary/aromatic N) is 2. The molecule has 2 aliphatic heterocycles. The zero-order chi connectivity index (χ0) is 15.4. The standard InChI is InChI=1S/C16H25N3O2S/c1-13-12-19(8-9-21-13)16(20)17-11-14(15-5-4-10-22-15)18-6-2-3-7-18/h4-5,10,13-14H,2-3,6-9,11-12H2,1H3,(H,17,20)/t13-,14+/m0/s1. The number of amides is 2. The molecule has 1 aromatic rings. The molecule has 2 fully saturated rings. The Kier molecular flexibility index (Phi) is 5.33. The Hall–Kier alpha value is -1.11. The van der Waals surface area contributed by atoms with Gasteiger partial charge in [0, 0.05) is 24.5 Å². The largest absolute Gasteiger partial charge is 0.375 e. The number of rotatable bonds is 4. The van der Waals surface area contributed by atoms with E-state index in [2.05, 4.69) is 27.7 Å². The maximum atomic E-state index is 12.4. The van der Waals surface area contributed by atoms with Gasteiger partial charge in [0.2, 0.25) is 0 Å². The molecular weight excluding hydrogens is 298 g/mol. The molecule has 22 heavy (non-hydrogen) atoms. The van der Waals surface area contributed by atoms with Gasteiger partial charge in [-0.15, -0.1) is 11.3 Å². The second-order valence-corrected chi connectivity index (χ2v) is 7.07. The second-order valence-electron chi connectivity index (χ2n) is 6.09. The van der Waals surface area contributed by atoms with Gasteiger partial charge in [0.25, 0.3) is 0 Å². The van der Waals surface area contributed by atoms with Gasteiger partial charge in [0.1, 0.15) is 0 Å². The highest BCUT2D eigenvalue weighted by Crippen LogP contribution is 2.27. The summed E-state index contributed by atoms with van der Waals surface area (Å²) < 4.78 is 5.50. The summed E-state index contributed by atoms with van der Waals surface area (Å²) in [5.41, 5.74) is 0. The monoisotopic (exact) mass is 323 g/mol. The molecule has 0 aromatic carbocycles. The summed E-state index contributed by atoms with van der Waals surface area (Å²) in [5, 5.41) is 5.25. The SMILES string of the molecule is C[C@H]1CN(C(=O)NC[C@H](c2cccs2)N2CCCC2)CCO1. The van der Waals surface area contributed by atoms with Gasteiger partial charge in [-0.25, -0.2) is 4.79 Å². The molecule has 2 amide bonds. The lowest BCUT2D eigenvalue weighted by Crippen LogP contribution is -2.50. The lowest BCUT2D eigenvalue weighted by atomic mass is 10.2. The molecule has 0 spiro atoms. The summed E-state index contributed by atoms with van der Waals surface area (Å²) >= 11 is 1.78. The van der Waals surface area contributed by atoms with Crippen LogP contribution in [0.5, 0.6) is 0 Å². The highest BCUT2D eigenvalue weighted by molar-refractivity contribution is 7.10. The van der Waals surface area contributed by atoms with Crippen molar-refractivity contribution in [2.24, 2.45) is 0 Å². The predicted molar refractivity (Wildman–Crippen MR) is 88.3 cm³/mol. The number of thiophene rings is 1. The minimum absolute atomic E-state index is 0.0379. The molecule has 1 aromatic heterocycles. The van der Waals surface area contributed by atoms with E-state index in [1.54, 1.807) is 11.3 Å². The lowest BCUT2D eigenvalue weighted by molar-refractivity contribution is -0.00366. The first-order valence-electron chi connectivity index (χ1n) is 8.16. The molecule has 0 unspecified atom stereocenters. The average Bonchev–Trinajstić information content (AvgIpc) is 3.21. The van der Waals surface area contributed by atoms with Crippen molar-refractivity contribution in [2.45, 2.75) is 31.9 Å². The van der Waals surface area contributed by atoms with E-state index < -0.39 is 0 Å². The Morgan fingerprint density at radius 2 is 2.27 bits per heavy atom. The number of morpholine rings is 1. The van der Waals surface area contributed by atoms with Crippen LogP contribution in [0.4, 0.5) is 4.79 Å². The summed E-state index contributed by atoms with van der Waals surface area (Å²) in [6.45, 7) is 6.96. The maximum Gasteiger partial charge on any atom is 0.317 e. The van der Waals surface area contributed by atoms with Crippen LogP contribution in [0.3, 0.4) is 0 Å². The fraction of sp³-hybridized carbons (Fsp3) is 0.688. The second kappa shape index (κ2) is 7.44. The Balaban J connectivity index is 1.57. The van der Waals surface area contributed by atoms with Crippen LogP contribution in [0.25, 0.3) is 0 Å². The predicted octanol–water partition coefficient (Wildman–Crippen LogP) is 2.32. The molecule has 6 heteroatoms. The van der Waals surface area contributed by atoms with Gasteiger partial charge in [-0.05, 0) is 44.3 Å². The van der Waals surface area contributed by atoms with Crippen LogP contribution in [-0.2, 0) is 4.74 Å². The Morgan fingerprint density at radius 1 is 1.45 bits per heavy atom. The molecule has 2 aliphatic rings. The molecule has 0 saturated carbocycles. The molecule has 0 radical (unpaired) electrons. The first-order chi connectivity index (χ1) is 10.7. The smallest absolute Gasteiger partial charge is 0.317 e. The molecule has 2 atom stereocenters. The molecule has 0 bridgehead atoms. The van der Waals surface area contributed by atoms with Crippen molar-refractivity contribution in [3.63, 3.8) is 0 Å². The zero-order valence-electron chi connectivity index (χ0n) is 13.2. The normalized spacial score (nSPS) is 24.4. The van der Waals surface area contributed by atoms with Gasteiger partial charge >= 0.3 is 6.03 Å². The maximum absolute atomic E-state index is 12.4. The summed E-state index contributed by atoms with van der Waals surface area (Å²) in [6.07, 6.45) is 2.65. The molecule has 122 valence electrons. The number of hydrogen-bond donors (Lipinski definition) is 1. The first-order valence-corrected chi connectivity index (χ1v) is 9.04. The van der Waals surface area contributed by atoms with E-state index in [0.29, 0.717) is 32.3 Å². The van der Waals surface area contributed by atoms with Crippen LogP contribution in [-0.4, -0.2) is 61.3 Å². The number of urea groups is 1. The van der Waals surface area contributed by atoms with Crippen LogP contribution < -0.4 is 5.32 Å². The number of hydrogen-bond acceptors (Lipinski definition) is 4. The highest BCUT2D eigenvalue weighted by Gasteiger charge is 2.26. The Morgan fingerprint density at radius 3 is 2.95 bits per heavy atom. The minimum Gasteiger partial charge on any atom is -0.375 e. The van der Waals surface area contributed by atoms with Crippen molar-refractivity contribution in [1.29, 1.82) is 0 Å². The van der Waals surface area contributed by atoms with E-state index in [-0.39, 0.29) is 12.1 Å². The number of likely N-dealkylation sites (tertiary alicyclic amines) is 1. The molecule has 3 heterocycles. The van der Waals surface area contributed by atoms with Gasteiger partial charge in [-0.2, -0.15) is 0 Å². The number of carbonyl (C=O) groups excluding carboxylic acids is 1. The van der Waals surface area contributed by atoms with E-state index in [1.807, 2.05) is 11.8 Å². The highest BCUT2D eigenvalue weighted by atomic mass is 32.1. The summed E-state index contributed by atoms with van der Waals surface area (Å²) in [6, 6.07) is 4.62. The minimum atomic E-state index is 0.0379. The average molecular weight is 323 g/mol. The van der Waals surface area contributed by atoms with Gasteiger partial charge in [-0.1, -0.05) is 6.07 Å². The summed E-state index contributed by atoms with van der Waals surface area (Å²) in [5.74, 6) is 0. The van der Waals surface area contributed by atoms with Crippen molar-refractivity contribution in [3.05, 3.63) is 22.4 Å². The molecule has 2 saturated heterocycles. The van der Waals surface area contributed by atoms with Crippen LogP contribution in [0.15, 0.2) is 17.5 Å². The topological polar surface area (TPSA) is 44.8 Å². The number of ether oxygens (including phenoxy) is 1. The van der Waals surface area contributed by atoms with Crippen LogP contribution in [0, 0.1) is 0 Å². The molecule has 5 nitrogen and oxygen atoms in total. The Labute approximate surface area is 136 Å². The summed E-state index contributed by atoms with van der Waals surface area (Å²) in [7, 11) is 0. The molecule has 3 rings (SSSR count). The van der Waals surface area contributed by atoms with E-state index in [1.165, 1.54) is 17.7 Å². The van der Waals surface area contributed by atoms with Crippen LogP contribution >= 0.6 is 11.3 Å². The number of carbonyl (C=O) groups is 1. The fourth-order valence-electron chi connectivity index (χ4n) is 3.24. The van der Waals surface area contributed by atoms with E-state index in [0.717, 1.165) is 13.1 Å². The van der Waals surface area contributed by atoms with E-state index >= 15 is 0 Å². The third-order valence-corrected chi connectivity index (χ3v) is 5.40. The fourth-order valence-corrected chi connectivity index (χ4v) is 4.10. The third kappa shape index (κ3) is 3.80. The van der Waals surface area contributed by atoms with Crippen LogP contribution in [0.2, 0.25) is 0 Å². The first kappa shape index (κ1) is 15.8. The van der Waals surface area contributed by atoms with Crippen molar-refractivity contribution in [1.82, 2.24) is 15.1 Å². The van der Waals surface area contributed by atoms with E-state index in [9.17, 15) is 4.79 Å². The molecular formula is C16H25N3O2S. The molecule has 1 N–H and O–H groups in total. The van der Waals surface area contributed by atoms with Crippen molar-refractivity contribution >= 4 is 17.4 Å². The Bertz CT molecular complexity index is 474. The molecule has 0 aliphatic carbocycles. The van der Waals surface area contributed by atoms with Crippen molar-refractivity contribution in [3.8, 4) is 0 Å². The van der Waals surface area contributed by atoms with Gasteiger partial charge in [-0.3, -0.25) is 4.90 Å². The van der Waals surface area contributed by atoms with Crippen LogP contribution in [0.1, 0.15) is 30.7 Å². The zero-order valence-corrected chi connectivity index (χ0v) is 14.0. The lowest BCUT2D eigenvalue weighted by Gasteiger charge is -2.32. The third-order valence-electron chi connectivity index (χ3n) is 4.43. The van der Waals surface area contributed by atoms with Crippen molar-refractivity contribution in [2.75, 3.05) is 39.3 Å². The van der Waals surface area contributed by atoms with Gasteiger partial charge in [0.05, 0.1) is 18.8 Å². The quantitative estimate of drug-likeness (QED) is 0.925. The van der Waals surface area contributed by atoms with E-state index in [4.69, 9.17) is 4.74 Å². The summed E-state index contributed by atoms with van der Waals surface area (Å²) in [4.78, 5) is 18.1. The van der Waals surface area contributed by atoms with Crippen molar-refractivity contribution < 1.29 is 9.53 Å². The number of nitrogens with one attached hydrogen (secondary N) is 1. The van der Waals surface area contributed by atoms with Gasteiger partial charge in [0.15, 0.2) is 0 Å².